The Bertz CT molecular complexity index is 1430. The highest BCUT2D eigenvalue weighted by atomic mass is 35.5. The molecule has 0 bridgehead atoms. The Labute approximate surface area is 208 Å². The van der Waals surface area contributed by atoms with Gasteiger partial charge in [0, 0.05) is 53.3 Å². The SMILES string of the molecule is O=C(NCCCc1ncc[nH]1)c1ccc2c(Cc3ccccc3)nc(-c3ccc(Cl)cc3)nc2c1. The van der Waals surface area contributed by atoms with Crippen molar-refractivity contribution in [1.82, 2.24) is 25.3 Å². The first-order valence-corrected chi connectivity index (χ1v) is 11.9. The number of nitrogens with one attached hydrogen (secondary N) is 2. The van der Waals surface area contributed by atoms with Crippen LogP contribution in [0.3, 0.4) is 0 Å². The zero-order valence-electron chi connectivity index (χ0n) is 19.0. The van der Waals surface area contributed by atoms with Crippen molar-refractivity contribution in [2.24, 2.45) is 0 Å². The zero-order chi connectivity index (χ0) is 24.0. The van der Waals surface area contributed by atoms with Crippen molar-refractivity contribution in [3.8, 4) is 11.4 Å². The summed E-state index contributed by atoms with van der Waals surface area (Å²) in [5.41, 5.74) is 4.25. The Morgan fingerprint density at radius 3 is 2.57 bits per heavy atom. The molecule has 0 saturated heterocycles. The fourth-order valence-electron chi connectivity index (χ4n) is 3.98. The third-order valence-corrected chi connectivity index (χ3v) is 6.04. The van der Waals surface area contributed by atoms with E-state index in [1.165, 1.54) is 0 Å². The lowest BCUT2D eigenvalue weighted by Crippen LogP contribution is -2.24. The van der Waals surface area contributed by atoms with Gasteiger partial charge in [-0.15, -0.1) is 0 Å². The number of aromatic nitrogens is 4. The van der Waals surface area contributed by atoms with Crippen LogP contribution in [0.1, 0.15) is 33.9 Å². The molecule has 174 valence electrons. The van der Waals surface area contributed by atoms with Crippen LogP contribution >= 0.6 is 11.6 Å². The van der Waals surface area contributed by atoms with Crippen molar-refractivity contribution in [1.29, 1.82) is 0 Å². The molecule has 1 amide bonds. The second kappa shape index (κ2) is 10.5. The molecule has 2 N–H and O–H groups in total. The van der Waals surface area contributed by atoms with Crippen LogP contribution in [0.5, 0.6) is 0 Å². The summed E-state index contributed by atoms with van der Waals surface area (Å²) in [4.78, 5) is 29.8. The number of benzene rings is 3. The lowest BCUT2D eigenvalue weighted by molar-refractivity contribution is 0.0953. The zero-order valence-corrected chi connectivity index (χ0v) is 19.8. The summed E-state index contributed by atoms with van der Waals surface area (Å²) in [7, 11) is 0. The highest BCUT2D eigenvalue weighted by Crippen LogP contribution is 2.25. The monoisotopic (exact) mass is 481 g/mol. The Morgan fingerprint density at radius 1 is 0.971 bits per heavy atom. The van der Waals surface area contributed by atoms with Crippen LogP contribution in [0.2, 0.25) is 5.02 Å². The van der Waals surface area contributed by atoms with Crippen LogP contribution in [0, 0.1) is 0 Å². The summed E-state index contributed by atoms with van der Waals surface area (Å²) in [6, 6.07) is 23.3. The first kappa shape index (κ1) is 22.7. The lowest BCUT2D eigenvalue weighted by Gasteiger charge is -2.11. The number of rotatable bonds is 8. The van der Waals surface area contributed by atoms with Crippen molar-refractivity contribution >= 4 is 28.4 Å². The average molecular weight is 482 g/mol. The normalized spacial score (nSPS) is 11.0. The summed E-state index contributed by atoms with van der Waals surface area (Å²) >= 11 is 6.08. The summed E-state index contributed by atoms with van der Waals surface area (Å²) in [6.45, 7) is 0.566. The second-order valence-corrected chi connectivity index (χ2v) is 8.73. The van der Waals surface area contributed by atoms with Crippen molar-refractivity contribution in [2.45, 2.75) is 19.3 Å². The van der Waals surface area contributed by atoms with Crippen LogP contribution in [0.25, 0.3) is 22.3 Å². The second-order valence-electron chi connectivity index (χ2n) is 8.29. The third-order valence-electron chi connectivity index (χ3n) is 5.79. The van der Waals surface area contributed by atoms with Crippen LogP contribution in [-0.4, -0.2) is 32.4 Å². The molecule has 6 nitrogen and oxygen atoms in total. The van der Waals surface area contributed by atoms with Gasteiger partial charge in [0.05, 0.1) is 11.2 Å². The topological polar surface area (TPSA) is 83.6 Å². The van der Waals surface area contributed by atoms with E-state index in [0.717, 1.165) is 46.4 Å². The molecule has 0 aliphatic carbocycles. The highest BCUT2D eigenvalue weighted by Gasteiger charge is 2.13. The van der Waals surface area contributed by atoms with Gasteiger partial charge < -0.3 is 10.3 Å². The van der Waals surface area contributed by atoms with Crippen molar-refractivity contribution in [3.05, 3.63) is 113 Å². The van der Waals surface area contributed by atoms with Gasteiger partial charge in [-0.1, -0.05) is 48.0 Å². The minimum Gasteiger partial charge on any atom is -0.352 e. The summed E-state index contributed by atoms with van der Waals surface area (Å²) in [6.07, 6.45) is 5.78. The van der Waals surface area contributed by atoms with E-state index in [9.17, 15) is 4.79 Å². The fourth-order valence-corrected chi connectivity index (χ4v) is 4.11. The van der Waals surface area contributed by atoms with Gasteiger partial charge in [0.1, 0.15) is 5.82 Å². The Morgan fingerprint density at radius 2 is 1.80 bits per heavy atom. The molecule has 0 unspecified atom stereocenters. The van der Waals surface area contributed by atoms with Crippen LogP contribution in [-0.2, 0) is 12.8 Å². The number of aromatic amines is 1. The van der Waals surface area contributed by atoms with Crippen molar-refractivity contribution < 1.29 is 4.79 Å². The number of aryl methyl sites for hydroxylation is 1. The van der Waals surface area contributed by atoms with E-state index in [-0.39, 0.29) is 5.91 Å². The van der Waals surface area contributed by atoms with Gasteiger partial charge >= 0.3 is 0 Å². The molecule has 35 heavy (non-hydrogen) atoms. The number of hydrogen-bond acceptors (Lipinski definition) is 4. The summed E-state index contributed by atoms with van der Waals surface area (Å²) in [5.74, 6) is 1.40. The van der Waals surface area contributed by atoms with Crippen LogP contribution in [0.4, 0.5) is 0 Å². The van der Waals surface area contributed by atoms with E-state index in [1.54, 1.807) is 12.4 Å². The quantitative estimate of drug-likeness (QED) is 0.281. The Kier molecular flexibility index (Phi) is 6.82. The number of imidazole rings is 1. The Hall–Kier alpha value is -4.03. The maximum atomic E-state index is 12.8. The molecule has 2 aromatic heterocycles. The molecule has 0 aliphatic heterocycles. The molecule has 0 atom stereocenters. The van der Waals surface area contributed by atoms with Crippen LogP contribution in [0.15, 0.2) is 85.2 Å². The average Bonchev–Trinajstić information content (AvgIpc) is 3.41. The van der Waals surface area contributed by atoms with Gasteiger partial charge in [-0.05, 0) is 48.4 Å². The van der Waals surface area contributed by atoms with Crippen molar-refractivity contribution in [3.63, 3.8) is 0 Å². The van der Waals surface area contributed by atoms with E-state index in [1.807, 2.05) is 60.7 Å². The molecule has 5 rings (SSSR count). The lowest BCUT2D eigenvalue weighted by atomic mass is 10.0. The maximum absolute atomic E-state index is 12.8. The predicted molar refractivity (Wildman–Crippen MR) is 138 cm³/mol. The fraction of sp³-hybridized carbons (Fsp3) is 0.143. The van der Waals surface area contributed by atoms with Gasteiger partial charge in [0.15, 0.2) is 5.82 Å². The molecular weight excluding hydrogens is 458 g/mol. The van der Waals surface area contributed by atoms with Crippen LogP contribution < -0.4 is 5.32 Å². The molecule has 3 aromatic carbocycles. The standard InChI is InChI=1S/C28H24ClN5O/c29-22-11-8-20(9-12-22)27-33-24(17-19-5-2-1-3-6-19)23-13-10-21(18-25(23)34-27)28(35)32-14-4-7-26-30-15-16-31-26/h1-3,5-6,8-13,15-16,18H,4,7,14,17H2,(H,30,31)(H,32,35). The number of nitrogens with zero attached hydrogens (tertiary/aromatic N) is 3. The first-order valence-electron chi connectivity index (χ1n) is 11.5. The predicted octanol–water partition coefficient (Wildman–Crippen LogP) is 5.63. The number of carbonyl (C=O) groups excluding carboxylic acids is 1. The van der Waals surface area contributed by atoms with Crippen molar-refractivity contribution in [2.75, 3.05) is 6.54 Å². The summed E-state index contributed by atoms with van der Waals surface area (Å²) < 4.78 is 0. The van der Waals surface area contributed by atoms with Gasteiger partial charge in [-0.3, -0.25) is 4.79 Å². The number of halogens is 1. The number of H-pyrrole nitrogens is 1. The molecule has 0 aliphatic rings. The molecule has 2 heterocycles. The number of amides is 1. The number of hydrogen-bond donors (Lipinski definition) is 2. The van der Waals surface area contributed by atoms with E-state index in [2.05, 4.69) is 27.4 Å². The molecule has 5 aromatic rings. The van der Waals surface area contributed by atoms with Gasteiger partial charge in [-0.2, -0.15) is 0 Å². The van der Waals surface area contributed by atoms with Gasteiger partial charge in [-0.25, -0.2) is 15.0 Å². The highest BCUT2D eigenvalue weighted by molar-refractivity contribution is 6.30. The molecule has 7 heteroatoms. The van der Waals surface area contributed by atoms with Gasteiger partial charge in [0.2, 0.25) is 0 Å². The Balaban J connectivity index is 1.43. The smallest absolute Gasteiger partial charge is 0.251 e. The third kappa shape index (κ3) is 5.55. The number of carbonyl (C=O) groups is 1. The maximum Gasteiger partial charge on any atom is 0.251 e. The van der Waals surface area contributed by atoms with E-state index < -0.39 is 0 Å². The molecule has 0 fully saturated rings. The molecular formula is C28H24ClN5O. The van der Waals surface area contributed by atoms with E-state index in [4.69, 9.17) is 21.6 Å². The van der Waals surface area contributed by atoms with E-state index >= 15 is 0 Å². The van der Waals surface area contributed by atoms with Gasteiger partial charge in [0.25, 0.3) is 5.91 Å². The van der Waals surface area contributed by atoms with E-state index in [0.29, 0.717) is 29.4 Å². The minimum absolute atomic E-state index is 0.123. The number of fused-ring (bicyclic) bond motifs is 1. The summed E-state index contributed by atoms with van der Waals surface area (Å²) in [5, 5.41) is 4.58. The molecule has 0 saturated carbocycles. The molecule has 0 radical (unpaired) electrons. The minimum atomic E-state index is -0.123. The largest absolute Gasteiger partial charge is 0.352 e. The first-order chi connectivity index (χ1) is 17.2. The molecule has 0 spiro atoms.